The Kier molecular flexibility index (Phi) is 6.86. The van der Waals surface area contributed by atoms with E-state index in [2.05, 4.69) is 53.6 Å². The average Bonchev–Trinajstić information content (AvgIpc) is 2.79. The lowest BCUT2D eigenvalue weighted by molar-refractivity contribution is -0.128. The van der Waals surface area contributed by atoms with Crippen LogP contribution in [0.25, 0.3) is 0 Å². The Morgan fingerprint density at radius 2 is 1.83 bits per heavy atom. The van der Waals surface area contributed by atoms with Gasteiger partial charge in [0.15, 0.2) is 0 Å². The van der Waals surface area contributed by atoms with Gasteiger partial charge in [-0.1, -0.05) is 12.1 Å². The Morgan fingerprint density at radius 3 is 2.50 bits per heavy atom. The number of rotatable bonds is 5. The van der Waals surface area contributed by atoms with Crippen LogP contribution in [0.4, 0.5) is 0 Å². The summed E-state index contributed by atoms with van der Waals surface area (Å²) >= 11 is 1.72. The molecule has 1 saturated heterocycles. The highest BCUT2D eigenvalue weighted by atomic mass is 32.2. The lowest BCUT2D eigenvalue weighted by atomic mass is 9.83. The van der Waals surface area contributed by atoms with Gasteiger partial charge in [0.1, 0.15) is 0 Å². The number of ether oxygens (including phenoxy) is 1. The van der Waals surface area contributed by atoms with Gasteiger partial charge in [-0.25, -0.2) is 0 Å². The van der Waals surface area contributed by atoms with Gasteiger partial charge in [0, 0.05) is 56.3 Å². The summed E-state index contributed by atoms with van der Waals surface area (Å²) in [7, 11) is 3.98. The van der Waals surface area contributed by atoms with Crippen LogP contribution < -0.4 is 0 Å². The number of carbonyl (C=O) groups excluding carboxylic acids is 1. The first-order valence-electron chi connectivity index (χ1n) is 10.9. The van der Waals surface area contributed by atoms with Gasteiger partial charge >= 0.3 is 0 Å². The highest BCUT2D eigenvalue weighted by Gasteiger charge is 2.35. The Morgan fingerprint density at radius 1 is 1.10 bits per heavy atom. The molecule has 0 saturated carbocycles. The van der Waals surface area contributed by atoms with E-state index in [-0.39, 0.29) is 5.91 Å². The van der Waals surface area contributed by atoms with Crippen molar-refractivity contribution in [3.63, 3.8) is 0 Å². The fourth-order valence-corrected chi connectivity index (χ4v) is 5.21. The van der Waals surface area contributed by atoms with E-state index in [1.807, 2.05) is 4.90 Å². The SMILES string of the molecule is COC1=C2CCN(C(=O)Cc3ccc(SC)cc3)C=C2C(N2CCN(C)CC2)CC1. The van der Waals surface area contributed by atoms with E-state index in [0.29, 0.717) is 12.5 Å². The maximum absolute atomic E-state index is 13.1. The molecule has 2 aliphatic heterocycles. The number of thioether (sulfide) groups is 1. The van der Waals surface area contributed by atoms with Gasteiger partial charge in [0.05, 0.1) is 19.3 Å². The Balaban J connectivity index is 1.53. The number of hydrogen-bond acceptors (Lipinski definition) is 5. The van der Waals surface area contributed by atoms with Crippen molar-refractivity contribution < 1.29 is 9.53 Å². The summed E-state index contributed by atoms with van der Waals surface area (Å²) < 4.78 is 5.73. The maximum atomic E-state index is 13.1. The van der Waals surface area contributed by atoms with E-state index in [4.69, 9.17) is 4.74 Å². The first-order valence-corrected chi connectivity index (χ1v) is 12.1. The van der Waals surface area contributed by atoms with Crippen LogP contribution in [0.2, 0.25) is 0 Å². The van der Waals surface area contributed by atoms with Crippen molar-refractivity contribution in [3.05, 3.63) is 52.9 Å². The molecular formula is C24H33N3O2S. The Bertz CT molecular complexity index is 825. The van der Waals surface area contributed by atoms with Crippen molar-refractivity contribution >= 4 is 17.7 Å². The number of hydrogen-bond donors (Lipinski definition) is 0. The lowest BCUT2D eigenvalue weighted by Crippen LogP contribution is -2.51. The molecule has 0 N–H and O–H groups in total. The first-order chi connectivity index (χ1) is 14.6. The molecule has 30 heavy (non-hydrogen) atoms. The third-order valence-corrected chi connectivity index (χ3v) is 7.39. The predicted octanol–water partition coefficient (Wildman–Crippen LogP) is 3.38. The minimum absolute atomic E-state index is 0.181. The smallest absolute Gasteiger partial charge is 0.230 e. The van der Waals surface area contributed by atoms with Crippen LogP contribution in [-0.4, -0.2) is 79.8 Å². The fourth-order valence-electron chi connectivity index (χ4n) is 4.80. The van der Waals surface area contributed by atoms with Crippen LogP contribution in [0.15, 0.2) is 52.3 Å². The van der Waals surface area contributed by atoms with Crippen molar-refractivity contribution in [2.45, 2.75) is 36.6 Å². The van der Waals surface area contributed by atoms with Gasteiger partial charge < -0.3 is 14.5 Å². The summed E-state index contributed by atoms with van der Waals surface area (Å²) in [5, 5.41) is 0. The molecule has 3 aliphatic rings. The van der Waals surface area contributed by atoms with E-state index in [1.165, 1.54) is 16.0 Å². The molecule has 1 atom stereocenters. The summed E-state index contributed by atoms with van der Waals surface area (Å²) in [5.41, 5.74) is 3.72. The normalized spacial score (nSPS) is 23.2. The molecular weight excluding hydrogens is 394 g/mol. The second-order valence-electron chi connectivity index (χ2n) is 8.45. The average molecular weight is 428 g/mol. The van der Waals surface area contributed by atoms with Crippen LogP contribution in [-0.2, 0) is 16.0 Å². The van der Waals surface area contributed by atoms with Gasteiger partial charge in [-0.3, -0.25) is 9.69 Å². The van der Waals surface area contributed by atoms with Crippen LogP contribution in [0.1, 0.15) is 24.8 Å². The monoisotopic (exact) mass is 427 g/mol. The predicted molar refractivity (Wildman–Crippen MR) is 122 cm³/mol. The molecule has 1 aromatic carbocycles. The van der Waals surface area contributed by atoms with Gasteiger partial charge in [-0.05, 0) is 55.0 Å². The molecule has 1 fully saturated rings. The first kappa shape index (κ1) is 21.5. The zero-order valence-electron chi connectivity index (χ0n) is 18.4. The van der Waals surface area contributed by atoms with Crippen LogP contribution in [0.3, 0.4) is 0 Å². The lowest BCUT2D eigenvalue weighted by Gasteiger charge is -2.43. The van der Waals surface area contributed by atoms with Gasteiger partial charge in [0.25, 0.3) is 0 Å². The maximum Gasteiger partial charge on any atom is 0.230 e. The van der Waals surface area contributed by atoms with Crippen molar-refractivity contribution in [2.24, 2.45) is 0 Å². The molecule has 0 bridgehead atoms. The standard InChI is InChI=1S/C24H33N3O2S/c1-25-12-14-26(15-13-25)22-8-9-23(29-2)20-10-11-27(17-21(20)22)24(28)16-18-4-6-19(30-3)7-5-18/h4-7,17,22H,8-16H2,1-3H3. The Hall–Kier alpha value is -1.76. The summed E-state index contributed by atoms with van der Waals surface area (Å²) in [6.07, 6.45) is 7.61. The summed E-state index contributed by atoms with van der Waals surface area (Å²) in [5.74, 6) is 1.30. The van der Waals surface area contributed by atoms with Crippen LogP contribution in [0.5, 0.6) is 0 Å². The van der Waals surface area contributed by atoms with E-state index < -0.39 is 0 Å². The quantitative estimate of drug-likeness (QED) is 0.674. The minimum atomic E-state index is 0.181. The molecule has 1 unspecified atom stereocenters. The number of benzene rings is 1. The van der Waals surface area contributed by atoms with E-state index in [9.17, 15) is 4.79 Å². The van der Waals surface area contributed by atoms with E-state index in [0.717, 1.165) is 63.3 Å². The highest BCUT2D eigenvalue weighted by molar-refractivity contribution is 7.98. The number of nitrogens with zero attached hydrogens (tertiary/aromatic N) is 3. The number of likely N-dealkylation sites (N-methyl/N-ethyl adjacent to an activating group) is 1. The number of fused-ring (bicyclic) bond motifs is 1. The molecule has 5 nitrogen and oxygen atoms in total. The molecule has 6 heteroatoms. The molecule has 1 aliphatic carbocycles. The molecule has 1 aromatic rings. The van der Waals surface area contributed by atoms with Gasteiger partial charge in [-0.15, -0.1) is 11.8 Å². The van der Waals surface area contributed by atoms with Crippen molar-refractivity contribution in [1.29, 1.82) is 0 Å². The summed E-state index contributed by atoms with van der Waals surface area (Å²) in [6.45, 7) is 5.12. The van der Waals surface area contributed by atoms with Crippen molar-refractivity contribution in [1.82, 2.24) is 14.7 Å². The number of methoxy groups -OCH3 is 1. The summed E-state index contributed by atoms with van der Waals surface area (Å²) in [4.78, 5) is 21.3. The number of piperazine rings is 1. The Labute approximate surface area is 184 Å². The van der Waals surface area contributed by atoms with Gasteiger partial charge in [0.2, 0.25) is 5.91 Å². The number of amides is 1. The zero-order chi connectivity index (χ0) is 21.1. The number of allylic oxidation sites excluding steroid dienone is 1. The van der Waals surface area contributed by atoms with E-state index in [1.54, 1.807) is 18.9 Å². The molecule has 162 valence electrons. The fraction of sp³-hybridized carbons (Fsp3) is 0.542. The summed E-state index contributed by atoms with van der Waals surface area (Å²) in [6, 6.07) is 8.73. The van der Waals surface area contributed by atoms with Crippen molar-refractivity contribution in [2.75, 3.05) is 53.1 Å². The second-order valence-corrected chi connectivity index (χ2v) is 9.33. The minimum Gasteiger partial charge on any atom is -0.501 e. The molecule has 4 rings (SSSR count). The van der Waals surface area contributed by atoms with Crippen molar-refractivity contribution in [3.8, 4) is 0 Å². The molecule has 1 amide bonds. The molecule has 0 radical (unpaired) electrons. The molecule has 0 spiro atoms. The topological polar surface area (TPSA) is 36.0 Å². The molecule has 0 aromatic heterocycles. The van der Waals surface area contributed by atoms with Crippen LogP contribution >= 0.6 is 11.8 Å². The largest absolute Gasteiger partial charge is 0.501 e. The molecule has 2 heterocycles. The highest BCUT2D eigenvalue weighted by Crippen LogP contribution is 2.38. The van der Waals surface area contributed by atoms with Crippen LogP contribution in [0, 0.1) is 0 Å². The third kappa shape index (κ3) is 4.61. The number of carbonyl (C=O) groups is 1. The van der Waals surface area contributed by atoms with Gasteiger partial charge in [-0.2, -0.15) is 0 Å². The zero-order valence-corrected chi connectivity index (χ0v) is 19.2. The van der Waals surface area contributed by atoms with E-state index >= 15 is 0 Å². The third-order valence-electron chi connectivity index (χ3n) is 6.65. The second kappa shape index (κ2) is 9.58.